The maximum atomic E-state index is 14.1. The van der Waals surface area contributed by atoms with E-state index in [1.807, 2.05) is 0 Å². The van der Waals surface area contributed by atoms with E-state index in [-0.39, 0.29) is 61.3 Å². The number of carbonyl (C=O) groups excluding carboxylic acids is 1. The number of halogens is 4. The minimum Gasteiger partial charge on any atom is -0.376 e. The van der Waals surface area contributed by atoms with E-state index in [2.05, 4.69) is 4.99 Å². The molecule has 0 bridgehead atoms. The first-order valence-corrected chi connectivity index (χ1v) is 6.74. The number of alkyl halides is 3. The molecule has 0 aliphatic rings. The van der Waals surface area contributed by atoms with Crippen LogP contribution < -0.4 is 0 Å². The zero-order valence-corrected chi connectivity index (χ0v) is 18.1. The zero-order valence-electron chi connectivity index (χ0n) is 14.0. The zero-order chi connectivity index (χ0) is 16.9. The van der Waals surface area contributed by atoms with Crippen molar-refractivity contribution in [3.63, 3.8) is 0 Å². The topological polar surface area (TPSA) is 29.4 Å². The van der Waals surface area contributed by atoms with Gasteiger partial charge in [-0.25, -0.2) is 9.38 Å². The number of hydrogen-bond acceptors (Lipinski definition) is 2. The Kier molecular flexibility index (Phi) is 11.4. The summed E-state index contributed by atoms with van der Waals surface area (Å²) >= 11 is 0. The fourth-order valence-electron chi connectivity index (χ4n) is 1.84. The first-order valence-electron chi connectivity index (χ1n) is 6.74. The summed E-state index contributed by atoms with van der Waals surface area (Å²) in [6.07, 6.45) is -1.74. The summed E-state index contributed by atoms with van der Waals surface area (Å²) in [4.78, 5) is 14.1. The minimum atomic E-state index is -4.61. The molecule has 1 aromatic carbocycles. The van der Waals surface area contributed by atoms with Crippen LogP contribution in [0, 0.1) is 50.3 Å². The average molecular weight is 567 g/mol. The van der Waals surface area contributed by atoms with Gasteiger partial charge in [-0.2, -0.15) is 19.2 Å². The summed E-state index contributed by atoms with van der Waals surface area (Å²) in [5.74, 6) is -1.17. The van der Waals surface area contributed by atoms with Gasteiger partial charge >= 0.3 is 37.3 Å². The van der Waals surface area contributed by atoms with Gasteiger partial charge in [-0.1, -0.05) is 19.9 Å². The Morgan fingerprint density at radius 2 is 1.96 bits per heavy atom. The second-order valence-corrected chi connectivity index (χ2v) is 4.77. The van der Waals surface area contributed by atoms with Crippen molar-refractivity contribution in [1.29, 1.82) is 0 Å². The van der Waals surface area contributed by atoms with Gasteiger partial charge in [0.25, 0.3) is 0 Å². The van der Waals surface area contributed by atoms with Crippen LogP contribution in [0.2, 0.25) is 0 Å². The van der Waals surface area contributed by atoms with Crippen LogP contribution in [0.1, 0.15) is 38.3 Å². The molecular weight excluding hydrogens is 548 g/mol. The van der Waals surface area contributed by atoms with Crippen LogP contribution >= 0.6 is 0 Å². The molecule has 0 amide bonds. The van der Waals surface area contributed by atoms with E-state index in [4.69, 9.17) is 0 Å². The molecular formula is C17H19F4NOU. The third-order valence-corrected chi connectivity index (χ3v) is 3.25. The monoisotopic (exact) mass is 567 g/mol. The van der Waals surface area contributed by atoms with Gasteiger partial charge in [0.15, 0.2) is 0 Å². The molecule has 1 atom stereocenters. The summed E-state index contributed by atoms with van der Waals surface area (Å²) in [6, 6.07) is 3.49. The molecule has 0 heterocycles. The number of aliphatic imine (C=N–C) groups is 1. The van der Waals surface area contributed by atoms with E-state index in [1.54, 1.807) is 13.8 Å². The van der Waals surface area contributed by atoms with Gasteiger partial charge in [0.05, 0.1) is 17.8 Å². The van der Waals surface area contributed by atoms with Crippen molar-refractivity contribution in [1.82, 2.24) is 0 Å². The SMILES string of the molecule is C/C=C(\N=C(c1ccc([C-]=O)cc1F)C(C)CC)C(F)(F)F.[CH3-].[U+2]. The molecule has 24 heavy (non-hydrogen) atoms. The van der Waals surface area contributed by atoms with Crippen molar-refractivity contribution in [2.45, 2.75) is 33.4 Å². The largest absolute Gasteiger partial charge is 2.00 e. The van der Waals surface area contributed by atoms with Crippen LogP contribution in [0.5, 0.6) is 0 Å². The first-order chi connectivity index (χ1) is 10.2. The van der Waals surface area contributed by atoms with Crippen LogP contribution in [0.4, 0.5) is 17.6 Å². The Labute approximate surface area is 163 Å². The van der Waals surface area contributed by atoms with E-state index >= 15 is 0 Å². The summed E-state index contributed by atoms with van der Waals surface area (Å²) in [5, 5.41) is 0. The van der Waals surface area contributed by atoms with Gasteiger partial charge in [-0.05, 0) is 19.3 Å². The molecule has 7 heteroatoms. The number of rotatable bonds is 5. The predicted octanol–water partition coefficient (Wildman–Crippen LogP) is 5.04. The van der Waals surface area contributed by atoms with Crippen LogP contribution in [0.3, 0.4) is 0 Å². The van der Waals surface area contributed by atoms with Gasteiger partial charge in [0.2, 0.25) is 0 Å². The van der Waals surface area contributed by atoms with Gasteiger partial charge in [0, 0.05) is 5.56 Å². The molecule has 0 saturated heterocycles. The molecule has 0 N–H and O–H groups in total. The number of hydrogen-bond donors (Lipinski definition) is 0. The van der Waals surface area contributed by atoms with Crippen LogP contribution in [0.25, 0.3) is 0 Å². The molecule has 0 fully saturated rings. The Morgan fingerprint density at radius 3 is 2.33 bits per heavy atom. The van der Waals surface area contributed by atoms with Gasteiger partial charge in [0.1, 0.15) is 5.70 Å². The van der Waals surface area contributed by atoms with Gasteiger partial charge in [-0.15, -0.1) is 17.7 Å². The summed E-state index contributed by atoms with van der Waals surface area (Å²) in [5.41, 5.74) is -1.13. The Hall–Kier alpha value is -0.928. The van der Waals surface area contributed by atoms with Crippen molar-refractivity contribution in [3.8, 4) is 0 Å². The van der Waals surface area contributed by atoms with Crippen LogP contribution in [0.15, 0.2) is 35.0 Å². The van der Waals surface area contributed by atoms with Crippen molar-refractivity contribution in [2.75, 3.05) is 0 Å². The average Bonchev–Trinajstić information content (AvgIpc) is 2.47. The standard InChI is InChI=1S/C16H16F4NO.CH3.U/c1-4-10(3)15(21-14(5-2)16(18,19)20)12-7-6-11(9-22)8-13(12)17;;/h5-8,10H,4H2,1-3H3;1H3;/q2*-1;+2/b14-5-,21-15?;;. The number of allylic oxidation sites excluding steroid dienone is 2. The fourth-order valence-corrected chi connectivity index (χ4v) is 1.84. The first kappa shape index (κ1) is 25.3. The quantitative estimate of drug-likeness (QED) is 0.279. The maximum absolute atomic E-state index is 14.1. The van der Waals surface area contributed by atoms with Crippen molar-refractivity contribution < 1.29 is 53.5 Å². The molecule has 0 aliphatic carbocycles. The van der Waals surface area contributed by atoms with E-state index in [0.29, 0.717) is 6.42 Å². The Morgan fingerprint density at radius 1 is 1.38 bits per heavy atom. The van der Waals surface area contributed by atoms with Crippen molar-refractivity contribution in [3.05, 3.63) is 54.3 Å². The normalized spacial score (nSPS) is 13.6. The molecule has 1 aromatic rings. The van der Waals surface area contributed by atoms with Crippen molar-refractivity contribution in [2.24, 2.45) is 10.9 Å². The molecule has 0 aromatic heterocycles. The molecule has 0 spiro atoms. The Balaban J connectivity index is 0. The van der Waals surface area contributed by atoms with Gasteiger partial charge in [-0.3, -0.25) is 0 Å². The van der Waals surface area contributed by atoms with E-state index in [1.165, 1.54) is 25.3 Å². The molecule has 1 unspecified atom stereocenters. The number of benzene rings is 1. The number of nitrogens with zero attached hydrogens (tertiary/aromatic N) is 1. The summed E-state index contributed by atoms with van der Waals surface area (Å²) < 4.78 is 52.7. The van der Waals surface area contributed by atoms with Crippen molar-refractivity contribution >= 4 is 12.0 Å². The Bertz CT molecular complexity index is 609. The molecule has 1 rings (SSSR count). The smallest absolute Gasteiger partial charge is 0.376 e. The molecule has 130 valence electrons. The van der Waals surface area contributed by atoms with Crippen LogP contribution in [-0.4, -0.2) is 18.2 Å². The second-order valence-electron chi connectivity index (χ2n) is 4.77. The van der Waals surface area contributed by atoms with E-state index in [9.17, 15) is 22.4 Å². The molecule has 0 saturated carbocycles. The summed E-state index contributed by atoms with van der Waals surface area (Å²) in [7, 11) is 0. The maximum Gasteiger partial charge on any atom is 2.00 e. The van der Waals surface area contributed by atoms with E-state index in [0.717, 1.165) is 12.1 Å². The van der Waals surface area contributed by atoms with Crippen LogP contribution in [-0.2, 0) is 4.79 Å². The molecule has 0 radical (unpaired) electrons. The minimum absolute atomic E-state index is 0. The fraction of sp³-hybridized carbons (Fsp3) is 0.353. The summed E-state index contributed by atoms with van der Waals surface area (Å²) in [6.45, 7) is 4.66. The van der Waals surface area contributed by atoms with Gasteiger partial charge < -0.3 is 12.2 Å². The third kappa shape index (κ3) is 6.52. The predicted molar refractivity (Wildman–Crippen MR) is 83.4 cm³/mol. The second kappa shape index (κ2) is 10.8. The third-order valence-electron chi connectivity index (χ3n) is 3.25. The molecule has 2 nitrogen and oxygen atoms in total. The molecule has 0 aliphatic heterocycles. The van der Waals surface area contributed by atoms with E-state index < -0.39 is 17.7 Å².